The predicted molar refractivity (Wildman–Crippen MR) is 101 cm³/mol. The minimum Gasteiger partial charge on any atom is -0.355 e. The Bertz CT molecular complexity index is 635. The Hall–Kier alpha value is -2.63. The van der Waals surface area contributed by atoms with Gasteiger partial charge in [-0.25, -0.2) is 0 Å². The predicted octanol–water partition coefficient (Wildman–Crippen LogP) is 1.58. The second-order valence-corrected chi connectivity index (χ2v) is 6.41. The lowest BCUT2D eigenvalue weighted by molar-refractivity contribution is -0.132. The van der Waals surface area contributed by atoms with Crippen LogP contribution in [0.4, 0.5) is 0 Å². The molecule has 0 atom stereocenters. The molecule has 2 N–H and O–H groups in total. The summed E-state index contributed by atoms with van der Waals surface area (Å²) in [5, 5.41) is 5.41. The summed E-state index contributed by atoms with van der Waals surface area (Å²) in [7, 11) is 0. The van der Waals surface area contributed by atoms with Crippen molar-refractivity contribution < 1.29 is 14.4 Å². The lowest BCUT2D eigenvalue weighted by Crippen LogP contribution is -2.44. The fourth-order valence-electron chi connectivity index (χ4n) is 2.84. The molecular weight excluding hydrogens is 330 g/mol. The topological polar surface area (TPSA) is 78.5 Å². The van der Waals surface area contributed by atoms with Crippen LogP contribution in [0.1, 0.15) is 31.7 Å². The molecule has 0 aliphatic carbocycles. The number of likely N-dealkylation sites (tertiary alicyclic amines) is 1. The summed E-state index contributed by atoms with van der Waals surface area (Å²) in [4.78, 5) is 37.7. The molecule has 0 bridgehead atoms. The first-order valence-corrected chi connectivity index (χ1v) is 9.16. The Labute approximate surface area is 154 Å². The fourth-order valence-corrected chi connectivity index (χ4v) is 2.84. The third kappa shape index (κ3) is 6.35. The molecule has 1 saturated heterocycles. The molecule has 6 nitrogen and oxygen atoms in total. The highest BCUT2D eigenvalue weighted by Gasteiger charge is 2.26. The van der Waals surface area contributed by atoms with Crippen molar-refractivity contribution in [3.63, 3.8) is 0 Å². The van der Waals surface area contributed by atoms with Crippen molar-refractivity contribution in [2.24, 2.45) is 5.92 Å². The Morgan fingerprint density at radius 2 is 1.81 bits per heavy atom. The van der Waals surface area contributed by atoms with E-state index in [4.69, 9.17) is 0 Å². The molecule has 1 fully saturated rings. The van der Waals surface area contributed by atoms with Crippen LogP contribution in [-0.2, 0) is 14.4 Å². The summed E-state index contributed by atoms with van der Waals surface area (Å²) >= 11 is 0. The second kappa shape index (κ2) is 10.4. The van der Waals surface area contributed by atoms with Crippen molar-refractivity contribution in [1.82, 2.24) is 15.5 Å². The maximum atomic E-state index is 12.2. The van der Waals surface area contributed by atoms with Gasteiger partial charge in [0, 0.05) is 31.6 Å². The Kier molecular flexibility index (Phi) is 7.86. The van der Waals surface area contributed by atoms with Crippen LogP contribution in [0, 0.1) is 5.92 Å². The smallest absolute Gasteiger partial charge is 0.246 e. The first-order valence-electron chi connectivity index (χ1n) is 9.16. The molecule has 6 heteroatoms. The molecule has 1 aromatic carbocycles. The molecule has 26 heavy (non-hydrogen) atoms. The van der Waals surface area contributed by atoms with E-state index in [1.807, 2.05) is 37.3 Å². The summed E-state index contributed by atoms with van der Waals surface area (Å²) in [6.07, 6.45) is 5.48. The number of carbonyl (C=O) groups excluding carboxylic acids is 3. The van der Waals surface area contributed by atoms with Crippen molar-refractivity contribution in [3.8, 4) is 0 Å². The Balaban J connectivity index is 1.72. The van der Waals surface area contributed by atoms with Gasteiger partial charge in [0.15, 0.2) is 0 Å². The molecule has 0 aromatic heterocycles. The fraction of sp³-hybridized carbons (Fsp3) is 0.450. The lowest BCUT2D eigenvalue weighted by atomic mass is 9.96. The van der Waals surface area contributed by atoms with Gasteiger partial charge in [0.25, 0.3) is 0 Å². The second-order valence-electron chi connectivity index (χ2n) is 6.41. The van der Waals surface area contributed by atoms with Gasteiger partial charge in [-0.2, -0.15) is 0 Å². The van der Waals surface area contributed by atoms with E-state index in [1.165, 1.54) is 0 Å². The highest BCUT2D eigenvalue weighted by Crippen LogP contribution is 2.17. The maximum Gasteiger partial charge on any atom is 0.246 e. The Morgan fingerprint density at radius 3 is 2.46 bits per heavy atom. The van der Waals surface area contributed by atoms with Gasteiger partial charge in [0.1, 0.15) is 0 Å². The zero-order valence-electron chi connectivity index (χ0n) is 15.2. The van der Waals surface area contributed by atoms with Gasteiger partial charge >= 0.3 is 0 Å². The molecule has 0 saturated carbocycles. The quantitative estimate of drug-likeness (QED) is 0.727. The number of nitrogens with zero attached hydrogens (tertiary/aromatic N) is 1. The monoisotopic (exact) mass is 357 g/mol. The Morgan fingerprint density at radius 1 is 1.12 bits per heavy atom. The third-order valence-electron chi connectivity index (χ3n) is 4.39. The van der Waals surface area contributed by atoms with Gasteiger partial charge in [-0.3, -0.25) is 14.4 Å². The van der Waals surface area contributed by atoms with Gasteiger partial charge in [-0.05, 0) is 30.9 Å². The van der Waals surface area contributed by atoms with E-state index >= 15 is 0 Å². The summed E-state index contributed by atoms with van der Waals surface area (Å²) in [5.74, 6) is -0.453. The normalized spacial score (nSPS) is 15.0. The zero-order valence-corrected chi connectivity index (χ0v) is 15.2. The SMILES string of the molecule is CCCNC(=O)CNC(=O)C1CCN(C(=O)/C=C/c2ccccc2)CC1. The van der Waals surface area contributed by atoms with Crippen molar-refractivity contribution in [3.05, 3.63) is 42.0 Å². The number of nitrogens with one attached hydrogen (secondary N) is 2. The number of amides is 3. The van der Waals surface area contributed by atoms with Gasteiger partial charge in [0.05, 0.1) is 6.54 Å². The molecule has 0 unspecified atom stereocenters. The van der Waals surface area contributed by atoms with Gasteiger partial charge in [0.2, 0.25) is 17.7 Å². The van der Waals surface area contributed by atoms with Crippen molar-refractivity contribution in [2.75, 3.05) is 26.2 Å². The summed E-state index contributed by atoms with van der Waals surface area (Å²) in [5.41, 5.74) is 0.983. The minimum atomic E-state index is -0.168. The van der Waals surface area contributed by atoms with E-state index in [1.54, 1.807) is 17.1 Å². The zero-order chi connectivity index (χ0) is 18.8. The number of benzene rings is 1. The average Bonchev–Trinajstić information content (AvgIpc) is 2.69. The van der Waals surface area contributed by atoms with E-state index in [0.717, 1.165) is 12.0 Å². The minimum absolute atomic E-state index is 0.0117. The molecule has 0 radical (unpaired) electrons. The lowest BCUT2D eigenvalue weighted by Gasteiger charge is -2.30. The van der Waals surface area contributed by atoms with Crippen LogP contribution >= 0.6 is 0 Å². The average molecular weight is 357 g/mol. The number of hydrogen-bond donors (Lipinski definition) is 2. The summed E-state index contributed by atoms with van der Waals surface area (Å²) in [6.45, 7) is 3.71. The molecule has 1 aliphatic rings. The largest absolute Gasteiger partial charge is 0.355 e. The van der Waals surface area contributed by atoms with Crippen LogP contribution in [0.5, 0.6) is 0 Å². The van der Waals surface area contributed by atoms with Crippen LogP contribution in [0.15, 0.2) is 36.4 Å². The molecule has 1 aromatic rings. The van der Waals surface area contributed by atoms with Crippen molar-refractivity contribution in [1.29, 1.82) is 0 Å². The van der Waals surface area contributed by atoms with Crippen molar-refractivity contribution in [2.45, 2.75) is 26.2 Å². The molecule has 2 rings (SSSR count). The number of rotatable bonds is 7. The molecule has 3 amide bonds. The number of piperidine rings is 1. The van der Waals surface area contributed by atoms with Crippen LogP contribution in [-0.4, -0.2) is 48.8 Å². The van der Waals surface area contributed by atoms with E-state index < -0.39 is 0 Å². The van der Waals surface area contributed by atoms with Gasteiger partial charge in [-0.15, -0.1) is 0 Å². The van der Waals surface area contributed by atoms with Crippen LogP contribution in [0.3, 0.4) is 0 Å². The van der Waals surface area contributed by atoms with E-state index in [2.05, 4.69) is 10.6 Å². The summed E-state index contributed by atoms with van der Waals surface area (Å²) in [6, 6.07) is 9.67. The maximum absolute atomic E-state index is 12.2. The molecule has 1 heterocycles. The van der Waals surface area contributed by atoms with E-state index in [9.17, 15) is 14.4 Å². The highest BCUT2D eigenvalue weighted by molar-refractivity contribution is 5.92. The first-order chi connectivity index (χ1) is 12.6. The van der Waals surface area contributed by atoms with E-state index in [0.29, 0.717) is 32.5 Å². The molecular formula is C20H27N3O3. The third-order valence-corrected chi connectivity index (χ3v) is 4.39. The molecule has 1 aliphatic heterocycles. The van der Waals surface area contributed by atoms with Gasteiger partial charge in [-0.1, -0.05) is 37.3 Å². The number of hydrogen-bond acceptors (Lipinski definition) is 3. The van der Waals surface area contributed by atoms with Crippen LogP contribution in [0.2, 0.25) is 0 Å². The van der Waals surface area contributed by atoms with Gasteiger partial charge < -0.3 is 15.5 Å². The highest BCUT2D eigenvalue weighted by atomic mass is 16.2. The first kappa shape index (κ1) is 19.7. The molecule has 140 valence electrons. The summed E-state index contributed by atoms with van der Waals surface area (Å²) < 4.78 is 0. The van der Waals surface area contributed by atoms with E-state index in [-0.39, 0.29) is 30.2 Å². The number of carbonyl (C=O) groups is 3. The van der Waals surface area contributed by atoms with Crippen LogP contribution < -0.4 is 10.6 Å². The van der Waals surface area contributed by atoms with Crippen LogP contribution in [0.25, 0.3) is 6.08 Å². The molecule has 0 spiro atoms. The standard InChI is InChI=1S/C20H27N3O3/c1-2-12-21-18(24)15-22-20(26)17-10-13-23(14-11-17)19(25)9-8-16-6-4-3-5-7-16/h3-9,17H,2,10-15H2,1H3,(H,21,24)(H,22,26)/b9-8+. The van der Waals surface area contributed by atoms with Crippen molar-refractivity contribution >= 4 is 23.8 Å².